The molecule has 2 aromatic rings. The first-order valence-corrected chi connectivity index (χ1v) is 7.94. The third-order valence-electron chi connectivity index (χ3n) is 2.72. The second kappa shape index (κ2) is 6.37. The molecule has 0 unspecified atom stereocenters. The summed E-state index contributed by atoms with van der Waals surface area (Å²) in [7, 11) is -3.68. The van der Waals surface area contributed by atoms with Crippen LogP contribution in [0.25, 0.3) is 0 Å². The van der Waals surface area contributed by atoms with Crippen LogP contribution in [0.4, 0.5) is 0 Å². The summed E-state index contributed by atoms with van der Waals surface area (Å²) in [5.41, 5.74) is 0. The number of nitrogens with one attached hydrogen (secondary N) is 2. The van der Waals surface area contributed by atoms with Crippen molar-refractivity contribution in [3.63, 3.8) is 0 Å². The molecular weight excluding hydrogens is 296 g/mol. The van der Waals surface area contributed by atoms with Crippen molar-refractivity contribution in [2.24, 2.45) is 0 Å². The smallest absolute Gasteiger partial charge is 0.244 e. The summed E-state index contributed by atoms with van der Waals surface area (Å²) in [5, 5.41) is 6.71. The summed E-state index contributed by atoms with van der Waals surface area (Å²) in [6.45, 7) is 6.05. The van der Waals surface area contributed by atoms with E-state index in [4.69, 9.17) is 4.42 Å². The lowest BCUT2D eigenvalue weighted by Gasteiger charge is -2.04. The van der Waals surface area contributed by atoms with E-state index >= 15 is 0 Å². The average molecular weight is 314 g/mol. The number of furan rings is 1. The molecule has 2 N–H and O–H groups in total. The average Bonchev–Trinajstić information content (AvgIpc) is 3.03. The van der Waals surface area contributed by atoms with Crippen LogP contribution in [0, 0.1) is 6.92 Å². The van der Waals surface area contributed by atoms with Crippen LogP contribution in [0.1, 0.15) is 31.2 Å². The molecule has 0 atom stereocenters. The first-order valence-electron chi connectivity index (χ1n) is 6.46. The fourth-order valence-corrected chi connectivity index (χ4v) is 2.87. The zero-order valence-corrected chi connectivity index (χ0v) is 12.9. The highest BCUT2D eigenvalue weighted by atomic mass is 32.2. The molecule has 0 saturated heterocycles. The van der Waals surface area contributed by atoms with Gasteiger partial charge in [0.2, 0.25) is 16.4 Å². The Kier molecular flexibility index (Phi) is 4.76. The Morgan fingerprint density at radius 2 is 2.10 bits per heavy atom. The van der Waals surface area contributed by atoms with Crippen LogP contribution in [-0.4, -0.2) is 24.6 Å². The lowest BCUT2D eigenvalue weighted by Crippen LogP contribution is -2.24. The summed E-state index contributed by atoms with van der Waals surface area (Å²) in [5.74, 6) is 1.18. The van der Waals surface area contributed by atoms with Gasteiger partial charge in [-0.15, -0.1) is 0 Å². The van der Waals surface area contributed by atoms with Crippen LogP contribution >= 0.6 is 0 Å². The van der Waals surface area contributed by atoms with Gasteiger partial charge in [0, 0.05) is 12.1 Å². The van der Waals surface area contributed by atoms with Crippen molar-refractivity contribution >= 4 is 10.0 Å². The fraction of sp³-hybridized carbons (Fsp3) is 0.500. The molecule has 0 fully saturated rings. The number of rotatable bonds is 7. The minimum Gasteiger partial charge on any atom is -0.464 e. The molecule has 0 aliphatic carbocycles. The molecule has 0 bridgehead atoms. The highest BCUT2D eigenvalue weighted by Gasteiger charge is 2.21. The molecule has 2 heterocycles. The van der Waals surface area contributed by atoms with Gasteiger partial charge in [0.15, 0.2) is 5.82 Å². The van der Waals surface area contributed by atoms with Gasteiger partial charge in [-0.1, -0.05) is 19.0 Å². The maximum Gasteiger partial charge on any atom is 0.244 e. The number of aryl methyl sites for hydroxylation is 1. The second-order valence-electron chi connectivity index (χ2n) is 4.84. The lowest BCUT2D eigenvalue weighted by atomic mass is 10.3. The summed E-state index contributed by atoms with van der Waals surface area (Å²) < 4.78 is 36.8. The lowest BCUT2D eigenvalue weighted by molar-refractivity contribution is 0.409. The minimum absolute atomic E-state index is 0.0387. The maximum absolute atomic E-state index is 12.2. The molecule has 9 heteroatoms. The Labute approximate surface area is 123 Å². The largest absolute Gasteiger partial charge is 0.464 e. The van der Waals surface area contributed by atoms with E-state index in [1.807, 2.05) is 13.8 Å². The first-order chi connectivity index (χ1) is 9.88. The molecule has 0 radical (unpaired) electrons. The van der Waals surface area contributed by atoms with Crippen LogP contribution in [0.15, 0.2) is 26.3 Å². The monoisotopic (exact) mass is 314 g/mol. The second-order valence-corrected chi connectivity index (χ2v) is 6.58. The normalized spacial score (nSPS) is 12.2. The Morgan fingerprint density at radius 3 is 2.71 bits per heavy atom. The summed E-state index contributed by atoms with van der Waals surface area (Å²) in [4.78, 5) is 3.87. The number of aromatic nitrogens is 2. The summed E-state index contributed by atoms with van der Waals surface area (Å²) >= 11 is 0. The molecule has 0 aliphatic rings. The van der Waals surface area contributed by atoms with Gasteiger partial charge in [0.1, 0.15) is 16.4 Å². The number of nitrogens with zero attached hydrogens (tertiary/aromatic N) is 2. The number of hydrogen-bond donors (Lipinski definition) is 2. The van der Waals surface area contributed by atoms with Crippen LogP contribution in [0.2, 0.25) is 0 Å². The zero-order valence-electron chi connectivity index (χ0n) is 12.1. The van der Waals surface area contributed by atoms with Crippen LogP contribution < -0.4 is 10.0 Å². The van der Waals surface area contributed by atoms with E-state index in [2.05, 4.69) is 24.7 Å². The standard InChI is InChI=1S/C12H18N4O4S/c1-8(2)13-5-10-4-11(9(3)20-10)21(17,18)15-6-12-14-7-19-16-12/h4,7-8,13,15H,5-6H2,1-3H3. The molecule has 0 spiro atoms. The van der Waals surface area contributed by atoms with Gasteiger partial charge in [-0.3, -0.25) is 0 Å². The van der Waals surface area contributed by atoms with Gasteiger partial charge < -0.3 is 14.3 Å². The van der Waals surface area contributed by atoms with Gasteiger partial charge >= 0.3 is 0 Å². The topological polar surface area (TPSA) is 110 Å². The molecular formula is C12H18N4O4S. The van der Waals surface area contributed by atoms with E-state index in [0.29, 0.717) is 18.1 Å². The molecule has 0 aliphatic heterocycles. The molecule has 0 saturated carbocycles. The van der Waals surface area contributed by atoms with Crippen LogP contribution in [-0.2, 0) is 23.1 Å². The predicted molar refractivity (Wildman–Crippen MR) is 73.7 cm³/mol. The number of hydrogen-bond acceptors (Lipinski definition) is 7. The van der Waals surface area contributed by atoms with Crippen molar-refractivity contribution in [1.29, 1.82) is 0 Å². The van der Waals surface area contributed by atoms with Crippen LogP contribution in [0.5, 0.6) is 0 Å². The van der Waals surface area contributed by atoms with Gasteiger partial charge in [-0.05, 0) is 6.92 Å². The highest BCUT2D eigenvalue weighted by molar-refractivity contribution is 7.89. The number of sulfonamides is 1. The summed E-state index contributed by atoms with van der Waals surface area (Å²) in [6.07, 6.45) is 1.14. The maximum atomic E-state index is 12.2. The Hall–Kier alpha value is -1.71. The van der Waals surface area contributed by atoms with E-state index in [9.17, 15) is 8.42 Å². The molecule has 8 nitrogen and oxygen atoms in total. The Bertz CT molecular complexity index is 676. The minimum atomic E-state index is -3.68. The SMILES string of the molecule is Cc1oc(CNC(C)C)cc1S(=O)(=O)NCc1ncon1. The van der Waals surface area contributed by atoms with E-state index in [1.54, 1.807) is 6.92 Å². The van der Waals surface area contributed by atoms with Crippen molar-refractivity contribution in [2.75, 3.05) is 0 Å². The van der Waals surface area contributed by atoms with Crippen molar-refractivity contribution < 1.29 is 17.4 Å². The van der Waals surface area contributed by atoms with Crippen molar-refractivity contribution in [2.45, 2.75) is 44.8 Å². The van der Waals surface area contributed by atoms with Crippen molar-refractivity contribution in [3.05, 3.63) is 29.8 Å². The zero-order chi connectivity index (χ0) is 15.5. The molecule has 0 amide bonds. The quantitative estimate of drug-likeness (QED) is 0.782. The summed E-state index contributed by atoms with van der Waals surface area (Å²) in [6, 6.07) is 1.80. The van der Waals surface area contributed by atoms with Gasteiger partial charge in [0.05, 0.1) is 13.1 Å². The third kappa shape index (κ3) is 4.13. The van der Waals surface area contributed by atoms with E-state index in [1.165, 1.54) is 6.07 Å². The van der Waals surface area contributed by atoms with Gasteiger partial charge in [-0.25, -0.2) is 13.1 Å². The Balaban J connectivity index is 2.08. The molecule has 2 rings (SSSR count). The van der Waals surface area contributed by atoms with E-state index in [-0.39, 0.29) is 23.3 Å². The highest BCUT2D eigenvalue weighted by Crippen LogP contribution is 2.20. The molecule has 21 heavy (non-hydrogen) atoms. The van der Waals surface area contributed by atoms with E-state index in [0.717, 1.165) is 6.39 Å². The predicted octanol–water partition coefficient (Wildman–Crippen LogP) is 0.948. The third-order valence-corrected chi connectivity index (χ3v) is 4.23. The molecule has 2 aromatic heterocycles. The van der Waals surface area contributed by atoms with Gasteiger partial charge in [-0.2, -0.15) is 4.98 Å². The van der Waals surface area contributed by atoms with E-state index < -0.39 is 10.0 Å². The first kappa shape index (κ1) is 15.7. The van der Waals surface area contributed by atoms with Crippen molar-refractivity contribution in [3.8, 4) is 0 Å². The molecule has 116 valence electrons. The molecule has 0 aromatic carbocycles. The Morgan fingerprint density at radius 1 is 1.33 bits per heavy atom. The van der Waals surface area contributed by atoms with Crippen molar-refractivity contribution in [1.82, 2.24) is 20.2 Å². The van der Waals surface area contributed by atoms with Gasteiger partial charge in [0.25, 0.3) is 0 Å². The van der Waals surface area contributed by atoms with Crippen LogP contribution in [0.3, 0.4) is 0 Å². The fourth-order valence-electron chi connectivity index (χ4n) is 1.69.